The molecule has 3 rings (SSSR count). The lowest BCUT2D eigenvalue weighted by atomic mass is 9.96. The van der Waals surface area contributed by atoms with Crippen molar-refractivity contribution in [1.82, 2.24) is 24.7 Å². The SMILES string of the molecule is Cc1nc(C2CCCN(C(=O)CN(C)C)C2)ncc1C(=O)N1CCCCC1. The topological polar surface area (TPSA) is 69.6 Å². The van der Waals surface area contributed by atoms with Gasteiger partial charge < -0.3 is 14.7 Å². The van der Waals surface area contributed by atoms with Crippen LogP contribution in [0.4, 0.5) is 0 Å². The predicted octanol–water partition coefficient (Wildman–Crippen LogP) is 1.68. The molecule has 0 N–H and O–H groups in total. The molecule has 3 heterocycles. The maximum atomic E-state index is 12.7. The normalized spacial score (nSPS) is 20.8. The van der Waals surface area contributed by atoms with Gasteiger partial charge in [-0.1, -0.05) is 0 Å². The summed E-state index contributed by atoms with van der Waals surface area (Å²) in [5.74, 6) is 1.09. The summed E-state index contributed by atoms with van der Waals surface area (Å²) in [6.07, 6.45) is 6.97. The fourth-order valence-corrected chi connectivity index (χ4v) is 3.94. The second kappa shape index (κ2) is 8.78. The van der Waals surface area contributed by atoms with E-state index in [2.05, 4.69) is 9.97 Å². The summed E-state index contributed by atoms with van der Waals surface area (Å²) in [7, 11) is 3.81. The summed E-state index contributed by atoms with van der Waals surface area (Å²) >= 11 is 0. The highest BCUT2D eigenvalue weighted by atomic mass is 16.2. The molecule has 2 aliphatic heterocycles. The zero-order chi connectivity index (χ0) is 19.4. The minimum Gasteiger partial charge on any atom is -0.341 e. The second-order valence-electron chi connectivity index (χ2n) is 8.00. The molecule has 0 radical (unpaired) electrons. The van der Waals surface area contributed by atoms with E-state index in [1.807, 2.05) is 35.7 Å². The Morgan fingerprint density at radius 3 is 2.48 bits per heavy atom. The van der Waals surface area contributed by atoms with Gasteiger partial charge in [-0.3, -0.25) is 9.59 Å². The van der Waals surface area contributed by atoms with Crippen LogP contribution in [0.3, 0.4) is 0 Å². The molecule has 148 valence electrons. The number of carbonyl (C=O) groups excluding carboxylic acids is 2. The molecular formula is C20H31N5O2. The fourth-order valence-electron chi connectivity index (χ4n) is 3.94. The van der Waals surface area contributed by atoms with Crippen LogP contribution in [0.25, 0.3) is 0 Å². The number of piperidine rings is 2. The van der Waals surface area contributed by atoms with E-state index in [9.17, 15) is 9.59 Å². The van der Waals surface area contributed by atoms with Crippen LogP contribution < -0.4 is 0 Å². The summed E-state index contributed by atoms with van der Waals surface area (Å²) in [6.45, 7) is 5.42. The number of likely N-dealkylation sites (tertiary alicyclic amines) is 2. The molecule has 2 saturated heterocycles. The average molecular weight is 374 g/mol. The smallest absolute Gasteiger partial charge is 0.257 e. The third-order valence-corrected chi connectivity index (χ3v) is 5.46. The number of hydrogen-bond acceptors (Lipinski definition) is 5. The molecule has 0 aromatic carbocycles. The van der Waals surface area contributed by atoms with Gasteiger partial charge in [0.05, 0.1) is 17.8 Å². The Kier molecular flexibility index (Phi) is 6.42. The van der Waals surface area contributed by atoms with E-state index in [1.54, 1.807) is 6.20 Å². The van der Waals surface area contributed by atoms with Gasteiger partial charge in [-0.25, -0.2) is 9.97 Å². The van der Waals surface area contributed by atoms with Crippen molar-refractivity contribution in [2.45, 2.75) is 44.9 Å². The van der Waals surface area contributed by atoms with Crippen LogP contribution in [0.15, 0.2) is 6.20 Å². The van der Waals surface area contributed by atoms with Crippen LogP contribution >= 0.6 is 0 Å². The molecule has 2 amide bonds. The molecule has 7 nitrogen and oxygen atoms in total. The van der Waals surface area contributed by atoms with Gasteiger partial charge in [0.25, 0.3) is 5.91 Å². The van der Waals surface area contributed by atoms with Gasteiger partial charge in [-0.05, 0) is 53.1 Å². The van der Waals surface area contributed by atoms with Crippen LogP contribution in [-0.2, 0) is 4.79 Å². The Morgan fingerprint density at radius 1 is 1.11 bits per heavy atom. The lowest BCUT2D eigenvalue weighted by molar-refractivity contribution is -0.133. The Balaban J connectivity index is 1.69. The van der Waals surface area contributed by atoms with Gasteiger partial charge in [-0.2, -0.15) is 0 Å². The quantitative estimate of drug-likeness (QED) is 0.803. The minimum absolute atomic E-state index is 0.0465. The molecule has 0 bridgehead atoms. The summed E-state index contributed by atoms with van der Waals surface area (Å²) in [4.78, 5) is 40.0. The average Bonchev–Trinajstić information content (AvgIpc) is 2.67. The fraction of sp³-hybridized carbons (Fsp3) is 0.700. The highest BCUT2D eigenvalue weighted by molar-refractivity contribution is 5.95. The third kappa shape index (κ3) is 4.83. The summed E-state index contributed by atoms with van der Waals surface area (Å²) in [6, 6.07) is 0. The third-order valence-electron chi connectivity index (χ3n) is 5.46. The zero-order valence-electron chi connectivity index (χ0n) is 16.8. The van der Waals surface area contributed by atoms with Crippen molar-refractivity contribution in [3.63, 3.8) is 0 Å². The minimum atomic E-state index is 0.0465. The molecule has 0 spiro atoms. The predicted molar refractivity (Wildman–Crippen MR) is 104 cm³/mol. The van der Waals surface area contributed by atoms with E-state index in [0.29, 0.717) is 18.7 Å². The van der Waals surface area contributed by atoms with Crippen LogP contribution in [0.1, 0.15) is 59.9 Å². The van der Waals surface area contributed by atoms with Crippen LogP contribution in [0, 0.1) is 6.92 Å². The van der Waals surface area contributed by atoms with Crippen LogP contribution in [0.2, 0.25) is 0 Å². The second-order valence-corrected chi connectivity index (χ2v) is 8.00. The Morgan fingerprint density at radius 2 is 1.81 bits per heavy atom. The summed E-state index contributed by atoms with van der Waals surface area (Å²) in [5.41, 5.74) is 1.35. The van der Waals surface area contributed by atoms with E-state index >= 15 is 0 Å². The van der Waals surface area contributed by atoms with Gasteiger partial charge in [-0.15, -0.1) is 0 Å². The zero-order valence-corrected chi connectivity index (χ0v) is 16.8. The number of aryl methyl sites for hydroxylation is 1. The summed E-state index contributed by atoms with van der Waals surface area (Å²) in [5, 5.41) is 0. The first-order valence-electron chi connectivity index (χ1n) is 10.0. The molecule has 2 fully saturated rings. The van der Waals surface area contributed by atoms with Gasteiger partial charge in [0.15, 0.2) is 0 Å². The van der Waals surface area contributed by atoms with E-state index in [1.165, 1.54) is 6.42 Å². The van der Waals surface area contributed by atoms with Crippen LogP contribution in [0.5, 0.6) is 0 Å². The van der Waals surface area contributed by atoms with Crippen molar-refractivity contribution in [2.24, 2.45) is 0 Å². The first-order chi connectivity index (χ1) is 13.0. The number of nitrogens with zero attached hydrogens (tertiary/aromatic N) is 5. The molecule has 1 atom stereocenters. The molecule has 27 heavy (non-hydrogen) atoms. The van der Waals surface area contributed by atoms with Crippen molar-refractivity contribution in [2.75, 3.05) is 46.8 Å². The Hall–Kier alpha value is -2.02. The number of rotatable bonds is 4. The maximum absolute atomic E-state index is 12.7. The van der Waals surface area contributed by atoms with Crippen molar-refractivity contribution in [1.29, 1.82) is 0 Å². The molecule has 2 aliphatic rings. The molecule has 1 aromatic heterocycles. The van der Waals surface area contributed by atoms with E-state index in [4.69, 9.17) is 0 Å². The van der Waals surface area contributed by atoms with Gasteiger partial charge in [0.1, 0.15) is 5.82 Å². The van der Waals surface area contributed by atoms with E-state index < -0.39 is 0 Å². The van der Waals surface area contributed by atoms with Crippen LogP contribution in [-0.4, -0.2) is 83.3 Å². The number of carbonyl (C=O) groups is 2. The van der Waals surface area contributed by atoms with Crippen molar-refractivity contribution < 1.29 is 9.59 Å². The number of likely N-dealkylation sites (N-methyl/N-ethyl adjacent to an activating group) is 1. The molecule has 1 unspecified atom stereocenters. The van der Waals surface area contributed by atoms with Gasteiger partial charge in [0, 0.05) is 38.3 Å². The van der Waals surface area contributed by atoms with E-state index in [0.717, 1.165) is 56.8 Å². The largest absolute Gasteiger partial charge is 0.341 e. The van der Waals surface area contributed by atoms with Crippen molar-refractivity contribution >= 4 is 11.8 Å². The molecule has 0 aliphatic carbocycles. The highest BCUT2D eigenvalue weighted by Gasteiger charge is 2.28. The highest BCUT2D eigenvalue weighted by Crippen LogP contribution is 2.25. The van der Waals surface area contributed by atoms with Gasteiger partial charge >= 0.3 is 0 Å². The molecule has 7 heteroatoms. The van der Waals surface area contributed by atoms with Crippen molar-refractivity contribution in [3.8, 4) is 0 Å². The maximum Gasteiger partial charge on any atom is 0.257 e. The number of hydrogen-bond donors (Lipinski definition) is 0. The van der Waals surface area contributed by atoms with E-state index in [-0.39, 0.29) is 17.7 Å². The summed E-state index contributed by atoms with van der Waals surface area (Å²) < 4.78 is 0. The lowest BCUT2D eigenvalue weighted by Crippen LogP contribution is -2.43. The molecule has 0 saturated carbocycles. The lowest BCUT2D eigenvalue weighted by Gasteiger charge is -2.33. The number of amides is 2. The Bertz CT molecular complexity index is 685. The van der Waals surface area contributed by atoms with Gasteiger partial charge in [0.2, 0.25) is 5.91 Å². The molecular weight excluding hydrogens is 342 g/mol. The first kappa shape index (κ1) is 19.7. The first-order valence-corrected chi connectivity index (χ1v) is 10.0. The Labute approximate surface area is 161 Å². The van der Waals surface area contributed by atoms with Crippen molar-refractivity contribution in [3.05, 3.63) is 23.3 Å². The monoisotopic (exact) mass is 373 g/mol. The standard InChI is InChI=1S/C20H31N5O2/c1-15-17(20(27)24-9-5-4-6-10-24)12-21-19(22-15)16-8-7-11-25(13-16)18(26)14-23(2)3/h12,16H,4-11,13-14H2,1-3H3. The molecule has 1 aromatic rings. The number of aromatic nitrogens is 2.